The summed E-state index contributed by atoms with van der Waals surface area (Å²) in [5.74, 6) is -0.0411. The number of amides is 1. The Morgan fingerprint density at radius 3 is 2.36 bits per heavy atom. The van der Waals surface area contributed by atoms with Crippen molar-refractivity contribution in [3.63, 3.8) is 0 Å². The first-order chi connectivity index (χ1) is 12.3. The Balaban J connectivity index is 1.63. The highest BCUT2D eigenvalue weighted by molar-refractivity contribution is 5.94. The number of rotatable bonds is 7. The Morgan fingerprint density at radius 1 is 1.04 bits per heavy atom. The fourth-order valence-electron chi connectivity index (χ4n) is 2.70. The third kappa shape index (κ3) is 4.30. The Morgan fingerprint density at radius 2 is 1.72 bits per heavy atom. The number of hydrogen-bond acceptors (Lipinski definition) is 4. The predicted octanol–water partition coefficient (Wildman–Crippen LogP) is 2.16. The summed E-state index contributed by atoms with van der Waals surface area (Å²) in [7, 11) is 0. The van der Waals surface area contributed by atoms with Crippen LogP contribution >= 0.6 is 0 Å². The first-order valence-electron chi connectivity index (χ1n) is 8.17. The molecule has 2 aromatic carbocycles. The summed E-state index contributed by atoms with van der Waals surface area (Å²) in [5.41, 5.74) is 2.59. The molecule has 25 heavy (non-hydrogen) atoms. The maximum absolute atomic E-state index is 12.4. The average molecular weight is 336 g/mol. The van der Waals surface area contributed by atoms with Crippen molar-refractivity contribution in [3.05, 3.63) is 78.4 Å². The van der Waals surface area contributed by atoms with Gasteiger partial charge in [0.2, 0.25) is 0 Å². The number of nitrogens with one attached hydrogen (secondary N) is 1. The average Bonchev–Trinajstić information content (AvgIpc) is 3.20. The van der Waals surface area contributed by atoms with E-state index in [1.54, 1.807) is 29.4 Å². The van der Waals surface area contributed by atoms with Gasteiger partial charge in [-0.2, -0.15) is 0 Å². The second kappa shape index (κ2) is 8.21. The highest BCUT2D eigenvalue weighted by Crippen LogP contribution is 2.18. The zero-order valence-corrected chi connectivity index (χ0v) is 13.7. The molecule has 3 aromatic rings. The quantitative estimate of drug-likeness (QED) is 0.693. The van der Waals surface area contributed by atoms with Crippen LogP contribution in [0.2, 0.25) is 0 Å². The lowest BCUT2D eigenvalue weighted by molar-refractivity contribution is 0.0949. The van der Waals surface area contributed by atoms with E-state index >= 15 is 0 Å². The molecular weight excluding hydrogens is 316 g/mol. The minimum atomic E-state index is -0.130. The standard InChI is InChI=1S/C19H20N4O2/c24-11-10-17(15-4-2-1-3-5-15)12-20-19(25)16-6-8-18(9-7-16)23-13-21-22-14-23/h1-9,13-14,17,24H,10-12H2,(H,20,25). The van der Waals surface area contributed by atoms with Crippen LogP contribution in [0.4, 0.5) is 0 Å². The largest absolute Gasteiger partial charge is 0.396 e. The molecule has 2 N–H and O–H groups in total. The molecule has 0 fully saturated rings. The minimum Gasteiger partial charge on any atom is -0.396 e. The van der Waals surface area contributed by atoms with Gasteiger partial charge in [-0.25, -0.2) is 0 Å². The molecule has 1 unspecified atom stereocenters. The van der Waals surface area contributed by atoms with Crippen LogP contribution in [0, 0.1) is 0 Å². The lowest BCUT2D eigenvalue weighted by Gasteiger charge is -2.17. The molecule has 0 saturated heterocycles. The number of benzene rings is 2. The van der Waals surface area contributed by atoms with Crippen molar-refractivity contribution in [2.45, 2.75) is 12.3 Å². The van der Waals surface area contributed by atoms with Gasteiger partial charge in [-0.05, 0) is 36.2 Å². The number of nitrogens with zero attached hydrogens (tertiary/aromatic N) is 3. The van der Waals surface area contributed by atoms with E-state index in [1.807, 2.05) is 42.5 Å². The number of hydrogen-bond donors (Lipinski definition) is 2. The van der Waals surface area contributed by atoms with Gasteiger partial charge >= 0.3 is 0 Å². The van der Waals surface area contributed by atoms with Crippen LogP contribution in [0.5, 0.6) is 0 Å². The Hall–Kier alpha value is -2.99. The molecule has 0 aliphatic rings. The van der Waals surface area contributed by atoms with Gasteiger partial charge in [-0.3, -0.25) is 9.36 Å². The molecule has 0 spiro atoms. The van der Waals surface area contributed by atoms with Crippen LogP contribution < -0.4 is 5.32 Å². The summed E-state index contributed by atoms with van der Waals surface area (Å²) >= 11 is 0. The predicted molar refractivity (Wildman–Crippen MR) is 94.6 cm³/mol. The molecule has 1 heterocycles. The summed E-state index contributed by atoms with van der Waals surface area (Å²) in [5, 5.41) is 19.8. The van der Waals surface area contributed by atoms with Gasteiger partial charge in [0.25, 0.3) is 5.91 Å². The van der Waals surface area contributed by atoms with Crippen molar-refractivity contribution in [3.8, 4) is 5.69 Å². The van der Waals surface area contributed by atoms with Crippen molar-refractivity contribution < 1.29 is 9.90 Å². The molecule has 1 aromatic heterocycles. The summed E-state index contributed by atoms with van der Waals surface area (Å²) in [6, 6.07) is 17.1. The first-order valence-corrected chi connectivity index (χ1v) is 8.17. The maximum atomic E-state index is 12.4. The Labute approximate surface area is 146 Å². The van der Waals surface area contributed by atoms with Crippen molar-refractivity contribution in [2.24, 2.45) is 0 Å². The number of aliphatic hydroxyl groups excluding tert-OH is 1. The van der Waals surface area contributed by atoms with Gasteiger partial charge in [0.05, 0.1) is 0 Å². The van der Waals surface area contributed by atoms with Crippen molar-refractivity contribution >= 4 is 5.91 Å². The zero-order chi connectivity index (χ0) is 17.5. The molecule has 6 nitrogen and oxygen atoms in total. The van der Waals surface area contributed by atoms with E-state index in [2.05, 4.69) is 15.5 Å². The SMILES string of the molecule is O=C(NCC(CCO)c1ccccc1)c1ccc(-n2cnnc2)cc1. The van der Waals surface area contributed by atoms with E-state index < -0.39 is 0 Å². The molecular formula is C19H20N4O2. The first kappa shape index (κ1) is 16.9. The summed E-state index contributed by atoms with van der Waals surface area (Å²) < 4.78 is 1.77. The molecule has 0 aliphatic carbocycles. The van der Waals surface area contributed by atoms with E-state index in [-0.39, 0.29) is 18.4 Å². The van der Waals surface area contributed by atoms with Crippen LogP contribution in [-0.2, 0) is 0 Å². The molecule has 0 bridgehead atoms. The van der Waals surface area contributed by atoms with Crippen LogP contribution in [-0.4, -0.2) is 38.9 Å². The maximum Gasteiger partial charge on any atom is 0.251 e. The van der Waals surface area contributed by atoms with Crippen LogP contribution in [0.1, 0.15) is 28.3 Å². The van der Waals surface area contributed by atoms with Gasteiger partial charge in [0.1, 0.15) is 12.7 Å². The summed E-state index contributed by atoms with van der Waals surface area (Å²) in [4.78, 5) is 12.4. The highest BCUT2D eigenvalue weighted by atomic mass is 16.3. The van der Waals surface area contributed by atoms with Gasteiger partial charge in [-0.1, -0.05) is 30.3 Å². The van der Waals surface area contributed by atoms with Crippen molar-refractivity contribution in [2.75, 3.05) is 13.2 Å². The van der Waals surface area contributed by atoms with E-state index in [1.165, 1.54) is 0 Å². The molecule has 0 radical (unpaired) electrons. The van der Waals surface area contributed by atoms with E-state index in [0.717, 1.165) is 11.3 Å². The molecule has 1 amide bonds. The molecule has 6 heteroatoms. The third-order valence-electron chi connectivity index (χ3n) is 4.10. The molecule has 3 rings (SSSR count). The lowest BCUT2D eigenvalue weighted by Crippen LogP contribution is -2.28. The van der Waals surface area contributed by atoms with Crippen LogP contribution in [0.15, 0.2) is 67.3 Å². The van der Waals surface area contributed by atoms with Crippen LogP contribution in [0.25, 0.3) is 5.69 Å². The zero-order valence-electron chi connectivity index (χ0n) is 13.7. The third-order valence-corrected chi connectivity index (χ3v) is 4.10. The second-order valence-electron chi connectivity index (χ2n) is 5.75. The lowest BCUT2D eigenvalue weighted by atomic mass is 9.96. The minimum absolute atomic E-state index is 0.0864. The molecule has 0 aliphatic heterocycles. The monoisotopic (exact) mass is 336 g/mol. The molecule has 128 valence electrons. The second-order valence-corrected chi connectivity index (χ2v) is 5.75. The number of carbonyl (C=O) groups excluding carboxylic acids is 1. The number of aromatic nitrogens is 3. The van der Waals surface area contributed by atoms with E-state index in [4.69, 9.17) is 0 Å². The van der Waals surface area contributed by atoms with Gasteiger partial charge in [0, 0.05) is 30.3 Å². The van der Waals surface area contributed by atoms with Gasteiger partial charge in [0.15, 0.2) is 0 Å². The highest BCUT2D eigenvalue weighted by Gasteiger charge is 2.13. The Kier molecular flexibility index (Phi) is 5.53. The molecule has 1 atom stereocenters. The van der Waals surface area contributed by atoms with Crippen molar-refractivity contribution in [1.82, 2.24) is 20.1 Å². The van der Waals surface area contributed by atoms with Gasteiger partial charge < -0.3 is 10.4 Å². The smallest absolute Gasteiger partial charge is 0.251 e. The summed E-state index contributed by atoms with van der Waals surface area (Å²) in [6.45, 7) is 0.569. The fourth-order valence-corrected chi connectivity index (χ4v) is 2.70. The van der Waals surface area contributed by atoms with Crippen LogP contribution in [0.3, 0.4) is 0 Å². The van der Waals surface area contributed by atoms with E-state index in [9.17, 15) is 9.90 Å². The summed E-state index contributed by atoms with van der Waals surface area (Å²) in [6.07, 6.45) is 3.82. The number of carbonyl (C=O) groups is 1. The van der Waals surface area contributed by atoms with Gasteiger partial charge in [-0.15, -0.1) is 10.2 Å². The van der Waals surface area contributed by atoms with E-state index in [0.29, 0.717) is 18.5 Å². The van der Waals surface area contributed by atoms with Crippen molar-refractivity contribution in [1.29, 1.82) is 0 Å². The topological polar surface area (TPSA) is 80.0 Å². The normalized spacial score (nSPS) is 11.9. The Bertz CT molecular complexity index is 786. The molecule has 0 saturated carbocycles. The number of aliphatic hydroxyl groups is 1. The fraction of sp³-hybridized carbons (Fsp3) is 0.211.